The van der Waals surface area contributed by atoms with E-state index in [1.165, 1.54) is 42.5 Å². The molecule has 2 unspecified atom stereocenters. The van der Waals surface area contributed by atoms with Gasteiger partial charge >= 0.3 is 11.9 Å². The number of ether oxygens (including phenoxy) is 2. The average Bonchev–Trinajstić information content (AvgIpc) is 2.81. The van der Waals surface area contributed by atoms with E-state index in [9.17, 15) is 30.0 Å². The molecule has 2 atom stereocenters. The topological polar surface area (TPSA) is 134 Å². The van der Waals surface area contributed by atoms with Crippen molar-refractivity contribution < 1.29 is 39.5 Å². The van der Waals surface area contributed by atoms with Gasteiger partial charge in [0.15, 0.2) is 23.0 Å². The molecule has 184 valence electrons. The third kappa shape index (κ3) is 8.35. The van der Waals surface area contributed by atoms with Crippen molar-refractivity contribution in [1.29, 1.82) is 0 Å². The van der Waals surface area contributed by atoms with Crippen molar-refractivity contribution in [3.63, 3.8) is 0 Å². The molecule has 34 heavy (non-hydrogen) atoms. The number of phenols is 4. The number of carbonyl (C=O) groups is 2. The van der Waals surface area contributed by atoms with E-state index in [1.807, 2.05) is 6.92 Å². The molecule has 0 spiro atoms. The number of phenolic OH excluding ortho intramolecular Hbond substituents is 4. The zero-order valence-electron chi connectivity index (χ0n) is 19.4. The molecule has 4 N–H and O–H groups in total. The van der Waals surface area contributed by atoms with Gasteiger partial charge in [0.05, 0.1) is 6.61 Å². The Kier molecular flexibility index (Phi) is 10.3. The Labute approximate surface area is 199 Å². The SMILES string of the molecule is CCCCC(CC)COC(=O)C(Cc1ccc(O)c(O)c1)OC(=O)C=Cc1ccc(O)c(O)c1. The number of benzene rings is 2. The van der Waals surface area contributed by atoms with Crippen molar-refractivity contribution in [3.05, 3.63) is 53.6 Å². The van der Waals surface area contributed by atoms with Gasteiger partial charge in [-0.25, -0.2) is 9.59 Å². The number of unbranched alkanes of at least 4 members (excludes halogenated alkanes) is 1. The van der Waals surface area contributed by atoms with Crippen LogP contribution in [0.2, 0.25) is 0 Å². The first-order valence-electron chi connectivity index (χ1n) is 11.3. The second kappa shape index (κ2) is 13.1. The number of hydrogen-bond acceptors (Lipinski definition) is 8. The fourth-order valence-electron chi connectivity index (χ4n) is 3.26. The highest BCUT2D eigenvalue weighted by Gasteiger charge is 2.26. The zero-order chi connectivity index (χ0) is 25.1. The van der Waals surface area contributed by atoms with Crippen LogP contribution in [0.5, 0.6) is 23.0 Å². The summed E-state index contributed by atoms with van der Waals surface area (Å²) < 4.78 is 10.8. The fourth-order valence-corrected chi connectivity index (χ4v) is 3.26. The summed E-state index contributed by atoms with van der Waals surface area (Å²) in [5, 5.41) is 38.2. The lowest BCUT2D eigenvalue weighted by Gasteiger charge is -2.19. The second-order valence-corrected chi connectivity index (χ2v) is 8.08. The van der Waals surface area contributed by atoms with Gasteiger partial charge < -0.3 is 29.9 Å². The van der Waals surface area contributed by atoms with Crippen molar-refractivity contribution in [3.8, 4) is 23.0 Å². The molecular formula is C26H32O8. The van der Waals surface area contributed by atoms with Crippen molar-refractivity contribution in [1.82, 2.24) is 0 Å². The third-order valence-corrected chi connectivity index (χ3v) is 5.40. The van der Waals surface area contributed by atoms with E-state index in [0.717, 1.165) is 31.8 Å². The molecule has 0 aromatic heterocycles. The van der Waals surface area contributed by atoms with Crippen LogP contribution in [0, 0.1) is 5.92 Å². The first kappa shape index (κ1) is 26.6. The van der Waals surface area contributed by atoms with Gasteiger partial charge in [0.1, 0.15) is 0 Å². The number of carbonyl (C=O) groups excluding carboxylic acids is 2. The maximum absolute atomic E-state index is 12.8. The monoisotopic (exact) mass is 472 g/mol. The highest BCUT2D eigenvalue weighted by molar-refractivity contribution is 5.89. The Hall–Kier alpha value is -3.68. The molecule has 2 rings (SSSR count). The molecule has 0 fully saturated rings. The summed E-state index contributed by atoms with van der Waals surface area (Å²) in [6, 6.07) is 8.11. The van der Waals surface area contributed by atoms with E-state index in [2.05, 4.69) is 6.92 Å². The van der Waals surface area contributed by atoms with Crippen LogP contribution in [0.3, 0.4) is 0 Å². The molecule has 0 radical (unpaired) electrons. The summed E-state index contributed by atoms with van der Waals surface area (Å²) in [4.78, 5) is 25.2. The minimum Gasteiger partial charge on any atom is -0.504 e. The van der Waals surface area contributed by atoms with Gasteiger partial charge in [-0.15, -0.1) is 0 Å². The molecule has 0 aliphatic carbocycles. The molecule has 0 bridgehead atoms. The maximum Gasteiger partial charge on any atom is 0.347 e. The van der Waals surface area contributed by atoms with E-state index >= 15 is 0 Å². The van der Waals surface area contributed by atoms with Crippen LogP contribution in [-0.2, 0) is 25.5 Å². The quantitative estimate of drug-likeness (QED) is 0.202. The number of rotatable bonds is 12. The van der Waals surface area contributed by atoms with Crippen LogP contribution in [0.1, 0.15) is 50.7 Å². The van der Waals surface area contributed by atoms with Crippen LogP contribution in [0.15, 0.2) is 42.5 Å². The standard InChI is InChI=1S/C26H32O8/c1-3-5-6-17(4-2)16-33-26(32)24(15-19-8-11-21(28)23(30)14-19)34-25(31)12-9-18-7-10-20(27)22(29)13-18/h7-14,17,24,27-30H,3-6,15-16H2,1-2H3. The van der Waals surface area contributed by atoms with E-state index < -0.39 is 18.0 Å². The maximum atomic E-state index is 12.8. The van der Waals surface area contributed by atoms with Crippen molar-refractivity contribution in [2.45, 2.75) is 52.1 Å². The second-order valence-electron chi connectivity index (χ2n) is 8.08. The van der Waals surface area contributed by atoms with E-state index in [4.69, 9.17) is 9.47 Å². The molecular weight excluding hydrogens is 440 g/mol. The highest BCUT2D eigenvalue weighted by Crippen LogP contribution is 2.27. The molecule has 8 heteroatoms. The summed E-state index contributed by atoms with van der Waals surface area (Å²) >= 11 is 0. The normalized spacial score (nSPS) is 12.9. The van der Waals surface area contributed by atoms with Gasteiger partial charge in [0.2, 0.25) is 6.10 Å². The molecule has 0 aliphatic heterocycles. The molecule has 8 nitrogen and oxygen atoms in total. The number of aromatic hydroxyl groups is 4. The predicted molar refractivity (Wildman–Crippen MR) is 126 cm³/mol. The molecule has 2 aromatic carbocycles. The summed E-state index contributed by atoms with van der Waals surface area (Å²) in [7, 11) is 0. The molecule has 0 aliphatic rings. The molecule has 0 saturated heterocycles. The minimum absolute atomic E-state index is 0.0575. The lowest BCUT2D eigenvalue weighted by Crippen LogP contribution is -2.32. The van der Waals surface area contributed by atoms with Crippen LogP contribution >= 0.6 is 0 Å². The van der Waals surface area contributed by atoms with E-state index in [0.29, 0.717) is 11.1 Å². The van der Waals surface area contributed by atoms with Crippen LogP contribution < -0.4 is 0 Å². The van der Waals surface area contributed by atoms with Gasteiger partial charge in [-0.1, -0.05) is 45.2 Å². The highest BCUT2D eigenvalue weighted by atomic mass is 16.6. The van der Waals surface area contributed by atoms with Crippen LogP contribution in [0.4, 0.5) is 0 Å². The van der Waals surface area contributed by atoms with E-state index in [1.54, 1.807) is 0 Å². The summed E-state index contributed by atoms with van der Waals surface area (Å²) in [5.74, 6) is -2.58. The fraction of sp³-hybridized carbons (Fsp3) is 0.385. The van der Waals surface area contributed by atoms with Gasteiger partial charge in [-0.3, -0.25) is 0 Å². The Morgan fingerprint density at radius 2 is 1.62 bits per heavy atom. The molecule has 0 heterocycles. The first-order chi connectivity index (χ1) is 16.2. The Balaban J connectivity index is 2.11. The largest absolute Gasteiger partial charge is 0.504 e. The van der Waals surface area contributed by atoms with Gasteiger partial charge in [-0.05, 0) is 53.8 Å². The summed E-state index contributed by atoms with van der Waals surface area (Å²) in [6.45, 7) is 4.33. The molecule has 2 aromatic rings. The van der Waals surface area contributed by atoms with E-state index in [-0.39, 0.29) is 41.9 Å². The summed E-state index contributed by atoms with van der Waals surface area (Å²) in [6.07, 6.45) is 4.99. The van der Waals surface area contributed by atoms with Crippen LogP contribution in [0.25, 0.3) is 6.08 Å². The average molecular weight is 473 g/mol. The molecule has 0 amide bonds. The van der Waals surface area contributed by atoms with Gasteiger partial charge in [0.25, 0.3) is 0 Å². The van der Waals surface area contributed by atoms with Crippen LogP contribution in [-0.4, -0.2) is 45.1 Å². The number of esters is 2. The smallest absolute Gasteiger partial charge is 0.347 e. The molecule has 0 saturated carbocycles. The Morgan fingerprint density at radius 1 is 0.941 bits per heavy atom. The Bertz CT molecular complexity index is 998. The van der Waals surface area contributed by atoms with Crippen molar-refractivity contribution in [2.75, 3.05) is 6.61 Å². The third-order valence-electron chi connectivity index (χ3n) is 5.40. The lowest BCUT2D eigenvalue weighted by molar-refractivity contribution is -0.166. The summed E-state index contributed by atoms with van der Waals surface area (Å²) in [5.41, 5.74) is 0.909. The number of hydrogen-bond donors (Lipinski definition) is 4. The Morgan fingerprint density at radius 3 is 2.24 bits per heavy atom. The minimum atomic E-state index is -1.27. The lowest BCUT2D eigenvalue weighted by atomic mass is 10.0. The first-order valence-corrected chi connectivity index (χ1v) is 11.3. The zero-order valence-corrected chi connectivity index (χ0v) is 19.4. The van der Waals surface area contributed by atoms with Gasteiger partial charge in [0, 0.05) is 12.5 Å². The van der Waals surface area contributed by atoms with Gasteiger partial charge in [-0.2, -0.15) is 0 Å². The van der Waals surface area contributed by atoms with Crippen molar-refractivity contribution >= 4 is 18.0 Å². The van der Waals surface area contributed by atoms with Crippen molar-refractivity contribution in [2.24, 2.45) is 5.92 Å². The predicted octanol–water partition coefficient (Wildman–Crippen LogP) is 4.44.